The molecule has 0 N–H and O–H groups in total. The molecule has 3 aromatic rings. The van der Waals surface area contributed by atoms with Crippen LogP contribution >= 0.6 is 11.6 Å². The third kappa shape index (κ3) is 7.48. The highest BCUT2D eigenvalue weighted by atomic mass is 35.5. The number of rotatable bonds is 9. The van der Waals surface area contributed by atoms with Crippen LogP contribution in [0.4, 0.5) is 4.39 Å². The Kier molecular flexibility index (Phi) is 9.76. The molecular formula is C31H34ClFN2O7. The van der Waals surface area contributed by atoms with Crippen LogP contribution < -0.4 is 10.4 Å². The summed E-state index contributed by atoms with van der Waals surface area (Å²) in [4.78, 5) is 41.9. The number of nitrogens with zero attached hydrogens (tertiary/aromatic N) is 2. The summed E-state index contributed by atoms with van der Waals surface area (Å²) in [6.07, 6.45) is 1.11. The zero-order valence-corrected chi connectivity index (χ0v) is 24.2. The third-order valence-corrected chi connectivity index (χ3v) is 7.97. The molecule has 11 heteroatoms. The number of likely N-dealkylation sites (tertiary alicyclic amines) is 1. The maximum absolute atomic E-state index is 13.6. The van der Waals surface area contributed by atoms with Crippen molar-refractivity contribution in [2.75, 3.05) is 52.5 Å². The molecule has 0 spiro atoms. The third-order valence-electron chi connectivity index (χ3n) is 7.66. The van der Waals surface area contributed by atoms with E-state index in [4.69, 9.17) is 30.2 Å². The van der Waals surface area contributed by atoms with Gasteiger partial charge in [0.05, 0.1) is 24.7 Å². The Labute approximate surface area is 248 Å². The number of halogens is 2. The second-order valence-electron chi connectivity index (χ2n) is 10.7. The number of benzene rings is 2. The first-order chi connectivity index (χ1) is 20.3. The summed E-state index contributed by atoms with van der Waals surface area (Å²) >= 11 is 6.24. The zero-order valence-electron chi connectivity index (χ0n) is 23.5. The quantitative estimate of drug-likeness (QED) is 0.261. The maximum Gasteiger partial charge on any atom is 0.336 e. The highest BCUT2D eigenvalue weighted by Gasteiger charge is 2.29. The SMILES string of the molecule is C[C@@H](Oc1ccc2c(-c3ccc(F)cc3Cl)cc(=O)oc2c1)C(=O)N1CCC[C@H](CC(=O)OCCN2CCOCC2)C1. The molecule has 2 fully saturated rings. The molecule has 9 nitrogen and oxygen atoms in total. The van der Waals surface area contributed by atoms with E-state index < -0.39 is 17.5 Å². The summed E-state index contributed by atoms with van der Waals surface area (Å²) in [6, 6.07) is 10.2. The Morgan fingerprint density at radius 3 is 2.69 bits per heavy atom. The van der Waals surface area contributed by atoms with Crippen molar-refractivity contribution >= 4 is 34.4 Å². The lowest BCUT2D eigenvalue weighted by Gasteiger charge is -2.34. The molecule has 0 radical (unpaired) electrons. The highest BCUT2D eigenvalue weighted by molar-refractivity contribution is 6.33. The Morgan fingerprint density at radius 2 is 1.90 bits per heavy atom. The molecule has 2 atom stereocenters. The molecule has 3 heterocycles. The van der Waals surface area contributed by atoms with Gasteiger partial charge in [-0.3, -0.25) is 14.5 Å². The Balaban J connectivity index is 1.18. The number of carbonyl (C=O) groups excluding carboxylic acids is 2. The van der Waals surface area contributed by atoms with Crippen molar-refractivity contribution in [3.63, 3.8) is 0 Å². The lowest BCUT2D eigenvalue weighted by Crippen LogP contribution is -2.46. The van der Waals surface area contributed by atoms with Gasteiger partial charge in [0.2, 0.25) is 0 Å². The smallest absolute Gasteiger partial charge is 0.336 e. The molecule has 1 aromatic heterocycles. The monoisotopic (exact) mass is 600 g/mol. The van der Waals surface area contributed by atoms with Crippen molar-refractivity contribution < 1.29 is 32.6 Å². The average molecular weight is 601 g/mol. The van der Waals surface area contributed by atoms with E-state index in [1.165, 1.54) is 24.3 Å². The molecule has 2 aliphatic rings. The van der Waals surface area contributed by atoms with Crippen LogP contribution in [0.25, 0.3) is 22.1 Å². The second kappa shape index (κ2) is 13.7. The number of carbonyl (C=O) groups is 2. The Bertz CT molecular complexity index is 1490. The van der Waals surface area contributed by atoms with Gasteiger partial charge in [-0.05, 0) is 56.0 Å². The van der Waals surface area contributed by atoms with E-state index in [1.54, 1.807) is 30.0 Å². The number of hydrogen-bond acceptors (Lipinski definition) is 8. The van der Waals surface area contributed by atoms with Gasteiger partial charge in [0.25, 0.3) is 5.91 Å². The molecule has 2 aromatic carbocycles. The lowest BCUT2D eigenvalue weighted by atomic mass is 9.94. The van der Waals surface area contributed by atoms with E-state index in [0.717, 1.165) is 25.9 Å². The molecular weight excluding hydrogens is 567 g/mol. The number of amides is 1. The van der Waals surface area contributed by atoms with Crippen LogP contribution in [-0.2, 0) is 19.1 Å². The second-order valence-corrected chi connectivity index (χ2v) is 11.1. The van der Waals surface area contributed by atoms with Gasteiger partial charge in [-0.1, -0.05) is 11.6 Å². The molecule has 0 saturated carbocycles. The molecule has 42 heavy (non-hydrogen) atoms. The average Bonchev–Trinajstić information content (AvgIpc) is 2.97. The fraction of sp³-hybridized carbons (Fsp3) is 0.452. The fourth-order valence-electron chi connectivity index (χ4n) is 5.50. The standard InChI is InChI=1S/C31H34ClFN2O7/c1-20(31(38)35-8-2-3-21(19-35)15-29(36)40-14-11-34-9-12-39-13-10-34)41-23-5-7-25-26(18-30(37)42-28(25)17-23)24-6-4-22(33)16-27(24)32/h4-7,16-18,20-21H,2-3,8-15,19H2,1H3/t20-,21-/m1/s1. The van der Waals surface area contributed by atoms with Gasteiger partial charge < -0.3 is 23.5 Å². The predicted octanol–water partition coefficient (Wildman–Crippen LogP) is 4.52. The first kappa shape index (κ1) is 30.0. The summed E-state index contributed by atoms with van der Waals surface area (Å²) in [7, 11) is 0. The van der Waals surface area contributed by atoms with Crippen LogP contribution in [0.5, 0.6) is 5.75 Å². The van der Waals surface area contributed by atoms with Gasteiger partial charge in [-0.2, -0.15) is 0 Å². The number of morpholine rings is 1. The Morgan fingerprint density at radius 1 is 1.10 bits per heavy atom. The molecule has 5 rings (SSSR count). The van der Waals surface area contributed by atoms with E-state index in [0.29, 0.717) is 61.7 Å². The number of fused-ring (bicyclic) bond motifs is 1. The first-order valence-electron chi connectivity index (χ1n) is 14.2. The summed E-state index contributed by atoms with van der Waals surface area (Å²) in [6.45, 7) is 6.85. The minimum absolute atomic E-state index is 0.0254. The van der Waals surface area contributed by atoms with Crippen LogP contribution in [0, 0.1) is 11.7 Å². The van der Waals surface area contributed by atoms with Gasteiger partial charge in [-0.25, -0.2) is 9.18 Å². The van der Waals surface area contributed by atoms with Crippen LogP contribution in [0.15, 0.2) is 51.7 Å². The van der Waals surface area contributed by atoms with Crippen molar-refractivity contribution in [3.8, 4) is 16.9 Å². The number of ether oxygens (including phenoxy) is 3. The molecule has 1 amide bonds. The van der Waals surface area contributed by atoms with Crippen molar-refractivity contribution in [2.24, 2.45) is 5.92 Å². The molecule has 0 bridgehead atoms. The summed E-state index contributed by atoms with van der Waals surface area (Å²) < 4.78 is 35.7. The summed E-state index contributed by atoms with van der Waals surface area (Å²) in [5.41, 5.74) is 0.646. The van der Waals surface area contributed by atoms with Crippen molar-refractivity contribution in [1.82, 2.24) is 9.80 Å². The maximum atomic E-state index is 13.6. The minimum atomic E-state index is -0.803. The predicted molar refractivity (Wildman–Crippen MR) is 155 cm³/mol. The van der Waals surface area contributed by atoms with Crippen LogP contribution in [0.3, 0.4) is 0 Å². The first-order valence-corrected chi connectivity index (χ1v) is 14.6. The summed E-state index contributed by atoms with van der Waals surface area (Å²) in [5, 5.41) is 0.757. The largest absolute Gasteiger partial charge is 0.481 e. The molecule has 2 aliphatic heterocycles. The molecule has 2 saturated heterocycles. The van der Waals surface area contributed by atoms with Crippen molar-refractivity contribution in [3.05, 3.63) is 63.7 Å². The van der Waals surface area contributed by atoms with E-state index in [1.807, 2.05) is 0 Å². The Hall–Kier alpha value is -3.47. The minimum Gasteiger partial charge on any atom is -0.481 e. The van der Waals surface area contributed by atoms with E-state index in [-0.39, 0.29) is 34.8 Å². The number of hydrogen-bond donors (Lipinski definition) is 0. The normalized spacial score (nSPS) is 18.5. The van der Waals surface area contributed by atoms with Gasteiger partial charge in [-0.15, -0.1) is 0 Å². The number of esters is 1. The van der Waals surface area contributed by atoms with Crippen LogP contribution in [0.1, 0.15) is 26.2 Å². The molecule has 224 valence electrons. The highest BCUT2D eigenvalue weighted by Crippen LogP contribution is 2.34. The van der Waals surface area contributed by atoms with Crippen molar-refractivity contribution in [1.29, 1.82) is 0 Å². The number of piperidine rings is 1. The molecule has 0 aliphatic carbocycles. The van der Waals surface area contributed by atoms with Crippen LogP contribution in [0.2, 0.25) is 5.02 Å². The molecule has 0 unspecified atom stereocenters. The van der Waals surface area contributed by atoms with Gasteiger partial charge in [0, 0.05) is 61.4 Å². The van der Waals surface area contributed by atoms with E-state index in [2.05, 4.69) is 4.90 Å². The van der Waals surface area contributed by atoms with Gasteiger partial charge in [0.1, 0.15) is 23.8 Å². The van der Waals surface area contributed by atoms with Crippen molar-refractivity contribution in [2.45, 2.75) is 32.3 Å². The summed E-state index contributed by atoms with van der Waals surface area (Å²) in [5.74, 6) is -0.534. The lowest BCUT2D eigenvalue weighted by molar-refractivity contribution is -0.148. The van der Waals surface area contributed by atoms with E-state index >= 15 is 0 Å². The topological polar surface area (TPSA) is 98.5 Å². The van der Waals surface area contributed by atoms with E-state index in [9.17, 15) is 18.8 Å². The fourth-order valence-corrected chi connectivity index (χ4v) is 5.77. The zero-order chi connectivity index (χ0) is 29.6. The van der Waals surface area contributed by atoms with Gasteiger partial charge >= 0.3 is 11.6 Å². The van der Waals surface area contributed by atoms with Crippen LogP contribution in [-0.4, -0.2) is 80.3 Å². The van der Waals surface area contributed by atoms with Gasteiger partial charge in [0.15, 0.2) is 6.10 Å².